The van der Waals surface area contributed by atoms with Gasteiger partial charge in [0.1, 0.15) is 29.4 Å². The molecule has 0 saturated carbocycles. The summed E-state index contributed by atoms with van der Waals surface area (Å²) in [5.41, 5.74) is 2.74. The summed E-state index contributed by atoms with van der Waals surface area (Å²) in [5.74, 6) is -6.64. The van der Waals surface area contributed by atoms with E-state index < -0.39 is 58.0 Å². The topological polar surface area (TPSA) is 195 Å². The lowest BCUT2D eigenvalue weighted by Crippen LogP contribution is -2.63. The molecule has 4 atom stereocenters. The van der Waals surface area contributed by atoms with Crippen molar-refractivity contribution in [3.63, 3.8) is 0 Å². The van der Waals surface area contributed by atoms with Crippen molar-refractivity contribution in [2.45, 2.75) is 44.9 Å². The van der Waals surface area contributed by atoms with E-state index in [-0.39, 0.29) is 42.2 Å². The first-order valence-electron chi connectivity index (χ1n) is 12.8. The van der Waals surface area contributed by atoms with Crippen LogP contribution >= 0.6 is 0 Å². The number of aromatic hydroxyl groups is 1. The Morgan fingerprint density at radius 2 is 1.88 bits per heavy atom. The predicted octanol–water partition coefficient (Wildman–Crippen LogP) is 0.854. The lowest BCUT2D eigenvalue weighted by Gasteiger charge is -2.50. The van der Waals surface area contributed by atoms with E-state index >= 15 is 0 Å². The number of hydrogen-bond acceptors (Lipinski definition) is 12. The number of carbonyl (C=O) groups is 3. The number of Topliss-reactive ketones (excluding diaryl/α,β-unsaturated/α-hetero) is 2. The third-order valence-corrected chi connectivity index (χ3v) is 7.71. The highest BCUT2D eigenvalue weighted by Crippen LogP contribution is 2.52. The summed E-state index contributed by atoms with van der Waals surface area (Å²) in [6, 6.07) is 1.95. The standard InChI is InChI=1S/C27H34N4O9/c1-6-39-29-12(2)40-31(5)11-13-7-8-17(32)19-15(13)9-14-10-16-21(30(3)4)23(34)20(26(28)37)25(36)27(16,38)24(35)18(14)22(19)33/h7-8,14,16,21,32,34-35,38H,6,9-11H2,1-5H3,(H2,28,37)/b29-12+/t14-,16-,21+,27-/m0/s1. The van der Waals surface area contributed by atoms with E-state index in [0.29, 0.717) is 17.7 Å². The molecule has 0 radical (unpaired) electrons. The van der Waals surface area contributed by atoms with Crippen molar-refractivity contribution in [1.29, 1.82) is 0 Å². The molecule has 13 nitrogen and oxygen atoms in total. The number of oxime groups is 1. The number of nitrogens with zero attached hydrogens (tertiary/aromatic N) is 3. The molecule has 216 valence electrons. The highest BCUT2D eigenvalue weighted by molar-refractivity contribution is 6.24. The predicted molar refractivity (Wildman–Crippen MR) is 141 cm³/mol. The van der Waals surface area contributed by atoms with Crippen molar-refractivity contribution >= 4 is 23.4 Å². The van der Waals surface area contributed by atoms with Crippen LogP contribution in [-0.4, -0.2) is 93.2 Å². The van der Waals surface area contributed by atoms with Crippen LogP contribution in [0.3, 0.4) is 0 Å². The number of amides is 1. The molecule has 0 saturated heterocycles. The van der Waals surface area contributed by atoms with Crippen LogP contribution in [0.2, 0.25) is 0 Å². The Kier molecular flexibility index (Phi) is 7.67. The summed E-state index contributed by atoms with van der Waals surface area (Å²) in [6.07, 6.45) is 0.186. The average molecular weight is 559 g/mol. The van der Waals surface area contributed by atoms with Crippen LogP contribution < -0.4 is 5.73 Å². The number of ketones is 2. The summed E-state index contributed by atoms with van der Waals surface area (Å²) in [6.45, 7) is 3.97. The number of nitrogens with two attached hydrogens (primary N) is 1. The summed E-state index contributed by atoms with van der Waals surface area (Å²) in [5, 5.41) is 49.9. The van der Waals surface area contributed by atoms with Crippen LogP contribution in [0.1, 0.15) is 41.8 Å². The molecule has 3 aliphatic carbocycles. The van der Waals surface area contributed by atoms with Gasteiger partial charge in [-0.2, -0.15) is 0 Å². The first-order chi connectivity index (χ1) is 18.7. The van der Waals surface area contributed by atoms with Gasteiger partial charge in [-0.15, -0.1) is 5.06 Å². The third-order valence-electron chi connectivity index (χ3n) is 7.71. The molecule has 13 heteroatoms. The average Bonchev–Trinajstić information content (AvgIpc) is 2.86. The van der Waals surface area contributed by atoms with Gasteiger partial charge in [-0.1, -0.05) is 11.2 Å². The smallest absolute Gasteiger partial charge is 0.255 e. The molecule has 0 spiro atoms. The zero-order valence-corrected chi connectivity index (χ0v) is 23.0. The van der Waals surface area contributed by atoms with Gasteiger partial charge >= 0.3 is 0 Å². The van der Waals surface area contributed by atoms with Crippen molar-refractivity contribution in [3.05, 3.63) is 51.5 Å². The Bertz CT molecular complexity index is 1370. The van der Waals surface area contributed by atoms with Crippen molar-refractivity contribution in [2.75, 3.05) is 27.7 Å². The molecule has 0 heterocycles. The summed E-state index contributed by atoms with van der Waals surface area (Å²) in [4.78, 5) is 51.3. The van der Waals surface area contributed by atoms with Gasteiger partial charge < -0.3 is 35.8 Å². The van der Waals surface area contributed by atoms with Crippen molar-refractivity contribution in [1.82, 2.24) is 9.96 Å². The van der Waals surface area contributed by atoms with Gasteiger partial charge in [0.05, 0.1) is 18.2 Å². The SMILES string of the molecule is CCO/N=C(\C)ON(C)Cc1ccc(O)c2c1C[C@H]1C[C@H]3[C@@H](N(C)C)C(O)=C(C(N)=O)C(=O)[C@@]3(O)C(O)=C1C2=O. The van der Waals surface area contributed by atoms with Gasteiger partial charge in [0.15, 0.2) is 11.4 Å². The van der Waals surface area contributed by atoms with Crippen LogP contribution in [0, 0.1) is 11.8 Å². The van der Waals surface area contributed by atoms with E-state index in [2.05, 4.69) is 5.16 Å². The maximum Gasteiger partial charge on any atom is 0.255 e. The quantitative estimate of drug-likeness (QED) is 0.138. The fraction of sp³-hybridized carbons (Fsp3) is 0.481. The lowest BCUT2D eigenvalue weighted by atomic mass is 9.58. The van der Waals surface area contributed by atoms with Crippen LogP contribution in [0.5, 0.6) is 5.75 Å². The molecular formula is C27H34N4O9. The molecule has 0 unspecified atom stereocenters. The van der Waals surface area contributed by atoms with Gasteiger partial charge in [0.25, 0.3) is 5.91 Å². The van der Waals surface area contributed by atoms with E-state index in [9.17, 15) is 34.8 Å². The monoisotopic (exact) mass is 558 g/mol. The molecule has 0 bridgehead atoms. The van der Waals surface area contributed by atoms with Crippen molar-refractivity contribution in [2.24, 2.45) is 22.7 Å². The first-order valence-corrected chi connectivity index (χ1v) is 12.8. The Morgan fingerprint density at radius 3 is 2.48 bits per heavy atom. The molecule has 3 aliphatic rings. The number of phenolic OH excluding ortho intramolecular Hbond substituents is 1. The largest absolute Gasteiger partial charge is 0.510 e. The number of hydroxylamine groups is 2. The highest BCUT2D eigenvalue weighted by Gasteiger charge is 2.63. The number of phenols is 1. The van der Waals surface area contributed by atoms with Gasteiger partial charge in [0, 0.05) is 25.5 Å². The van der Waals surface area contributed by atoms with Crippen molar-refractivity contribution in [3.8, 4) is 5.75 Å². The Hall–Kier alpha value is -3.94. The van der Waals surface area contributed by atoms with Crippen LogP contribution in [-0.2, 0) is 32.2 Å². The van der Waals surface area contributed by atoms with Gasteiger partial charge in [-0.25, -0.2) is 0 Å². The zero-order valence-electron chi connectivity index (χ0n) is 23.0. The second-order valence-electron chi connectivity index (χ2n) is 10.5. The van der Waals surface area contributed by atoms with Gasteiger partial charge in [0.2, 0.25) is 11.7 Å². The molecule has 1 aromatic carbocycles. The molecule has 6 N–H and O–H groups in total. The zero-order chi connectivity index (χ0) is 29.7. The van der Waals surface area contributed by atoms with Crippen LogP contribution in [0.4, 0.5) is 0 Å². The number of aliphatic hydroxyl groups is 3. The number of carbonyl (C=O) groups excluding carboxylic acids is 3. The highest BCUT2D eigenvalue weighted by atomic mass is 16.7. The summed E-state index contributed by atoms with van der Waals surface area (Å²) >= 11 is 0. The van der Waals surface area contributed by atoms with Crippen molar-refractivity contribution < 1.29 is 44.5 Å². The number of hydrogen-bond donors (Lipinski definition) is 5. The van der Waals surface area contributed by atoms with E-state index in [1.54, 1.807) is 41.1 Å². The number of fused-ring (bicyclic) bond motifs is 3. The second kappa shape index (κ2) is 10.6. The Balaban J connectivity index is 1.80. The summed E-state index contributed by atoms with van der Waals surface area (Å²) < 4.78 is 0. The van der Waals surface area contributed by atoms with E-state index in [1.807, 2.05) is 0 Å². The van der Waals surface area contributed by atoms with E-state index in [4.69, 9.17) is 15.4 Å². The molecule has 4 rings (SSSR count). The Morgan fingerprint density at radius 1 is 1.20 bits per heavy atom. The van der Waals surface area contributed by atoms with Crippen LogP contribution in [0.15, 0.2) is 40.0 Å². The number of primary amides is 1. The number of rotatable bonds is 7. The molecule has 0 fully saturated rings. The number of benzene rings is 1. The molecule has 1 amide bonds. The van der Waals surface area contributed by atoms with E-state index in [0.717, 1.165) is 0 Å². The molecule has 0 aromatic heterocycles. The lowest BCUT2D eigenvalue weighted by molar-refractivity contribution is -0.148. The maximum atomic E-state index is 13.8. The van der Waals surface area contributed by atoms with Crippen LogP contribution in [0.25, 0.3) is 0 Å². The number of allylic oxidation sites excluding steroid dienone is 1. The maximum absolute atomic E-state index is 13.8. The minimum Gasteiger partial charge on any atom is -0.510 e. The number of aliphatic hydroxyl groups excluding tert-OH is 2. The van der Waals surface area contributed by atoms with E-state index in [1.165, 1.54) is 16.0 Å². The normalized spacial score (nSPS) is 26.6. The molecule has 0 aliphatic heterocycles. The summed E-state index contributed by atoms with van der Waals surface area (Å²) in [7, 11) is 4.82. The molecule has 40 heavy (non-hydrogen) atoms. The molecule has 1 aromatic rings. The first kappa shape index (κ1) is 29.1. The number of likely N-dealkylation sites (N-methyl/N-ethyl adjacent to an activating group) is 1. The fourth-order valence-electron chi connectivity index (χ4n) is 6.13. The second-order valence-corrected chi connectivity index (χ2v) is 10.5. The molecular weight excluding hydrogens is 524 g/mol. The fourth-order valence-corrected chi connectivity index (χ4v) is 6.13. The Labute approximate surface area is 230 Å². The minimum absolute atomic E-state index is 0.00726. The van der Waals surface area contributed by atoms with Gasteiger partial charge in [-0.3, -0.25) is 19.3 Å². The third kappa shape index (κ3) is 4.49. The minimum atomic E-state index is -2.68. The van der Waals surface area contributed by atoms with Gasteiger partial charge in [-0.05, 0) is 57.0 Å².